The standard InChI is InChI=1S/C34H23ClO/c35-22-19-27(24-18-17-21-9-1-2-10-23(21)24)33-31(20-22)34(30-15-7-8-16-32(30)36-33)28-13-5-3-11-25(28)26-12-4-6-14-29(26)34/h1-16,19-20,24H,17-18H2. The number of para-hydroxylation sites is 1. The zero-order valence-electron chi connectivity index (χ0n) is 19.7. The van der Waals surface area contributed by atoms with Crippen molar-refractivity contribution >= 4 is 11.6 Å². The summed E-state index contributed by atoms with van der Waals surface area (Å²) in [5.74, 6) is 2.15. The number of ether oxygens (including phenoxy) is 1. The Kier molecular flexibility index (Phi) is 4.16. The van der Waals surface area contributed by atoms with Crippen LogP contribution in [0, 0.1) is 0 Å². The molecule has 2 heteroatoms. The number of fused-ring (bicyclic) bond motifs is 10. The van der Waals surface area contributed by atoms with Gasteiger partial charge in [-0.1, -0.05) is 103 Å². The molecule has 0 fully saturated rings. The van der Waals surface area contributed by atoms with Crippen LogP contribution < -0.4 is 4.74 Å². The van der Waals surface area contributed by atoms with E-state index in [4.69, 9.17) is 16.3 Å². The maximum Gasteiger partial charge on any atom is 0.136 e. The first kappa shape index (κ1) is 20.4. The average molecular weight is 483 g/mol. The molecule has 1 atom stereocenters. The lowest BCUT2D eigenvalue weighted by Crippen LogP contribution is -2.32. The molecule has 0 saturated heterocycles. The summed E-state index contributed by atoms with van der Waals surface area (Å²) in [6, 6.07) is 39.3. The van der Waals surface area contributed by atoms with Crippen LogP contribution in [0.1, 0.15) is 51.3 Å². The molecule has 1 unspecified atom stereocenters. The Labute approximate surface area is 216 Å². The van der Waals surface area contributed by atoms with Crippen molar-refractivity contribution in [3.8, 4) is 22.6 Å². The van der Waals surface area contributed by atoms with E-state index in [1.807, 2.05) is 0 Å². The van der Waals surface area contributed by atoms with Crippen molar-refractivity contribution in [2.75, 3.05) is 0 Å². The Balaban J connectivity index is 1.50. The van der Waals surface area contributed by atoms with Gasteiger partial charge in [0.1, 0.15) is 11.5 Å². The van der Waals surface area contributed by atoms with Crippen LogP contribution in [0.4, 0.5) is 0 Å². The van der Waals surface area contributed by atoms with Gasteiger partial charge in [0.25, 0.3) is 0 Å². The molecule has 0 bridgehead atoms. The van der Waals surface area contributed by atoms with Crippen molar-refractivity contribution in [2.24, 2.45) is 0 Å². The summed E-state index contributed by atoms with van der Waals surface area (Å²) < 4.78 is 6.85. The van der Waals surface area contributed by atoms with Gasteiger partial charge < -0.3 is 4.74 Å². The lowest BCUT2D eigenvalue weighted by molar-refractivity contribution is 0.428. The molecule has 0 radical (unpaired) electrons. The summed E-state index contributed by atoms with van der Waals surface area (Å²) in [5.41, 5.74) is 11.0. The zero-order chi connectivity index (χ0) is 23.9. The summed E-state index contributed by atoms with van der Waals surface area (Å²) in [4.78, 5) is 0. The maximum absolute atomic E-state index is 6.97. The number of halogens is 1. The summed E-state index contributed by atoms with van der Waals surface area (Å²) in [6.45, 7) is 0. The second kappa shape index (κ2) is 7.35. The normalized spacial score (nSPS) is 17.5. The van der Waals surface area contributed by atoms with Crippen LogP contribution in [0.3, 0.4) is 0 Å². The summed E-state index contributed by atoms with van der Waals surface area (Å²) in [5, 5.41) is 0.761. The van der Waals surface area contributed by atoms with Crippen molar-refractivity contribution < 1.29 is 4.74 Å². The Hall–Kier alpha value is -3.81. The molecule has 2 aliphatic carbocycles. The highest BCUT2D eigenvalue weighted by Crippen LogP contribution is 2.63. The van der Waals surface area contributed by atoms with Gasteiger partial charge in [-0.05, 0) is 64.4 Å². The van der Waals surface area contributed by atoms with E-state index >= 15 is 0 Å². The maximum atomic E-state index is 6.97. The number of benzene rings is 5. The fourth-order valence-electron chi connectivity index (χ4n) is 7.08. The van der Waals surface area contributed by atoms with Gasteiger partial charge in [0.15, 0.2) is 0 Å². The van der Waals surface area contributed by atoms with Crippen LogP contribution in [-0.2, 0) is 11.8 Å². The third-order valence-electron chi connectivity index (χ3n) is 8.45. The van der Waals surface area contributed by atoms with Crippen molar-refractivity contribution in [3.05, 3.63) is 153 Å². The lowest BCUT2D eigenvalue weighted by atomic mass is 9.65. The average Bonchev–Trinajstić information content (AvgIpc) is 3.48. The van der Waals surface area contributed by atoms with E-state index in [2.05, 4.69) is 109 Å². The first-order chi connectivity index (χ1) is 17.8. The highest BCUT2D eigenvalue weighted by atomic mass is 35.5. The number of hydrogen-bond acceptors (Lipinski definition) is 1. The Morgan fingerprint density at radius 1 is 0.639 bits per heavy atom. The molecule has 1 spiro atoms. The molecule has 0 amide bonds. The molecule has 1 heterocycles. The molecule has 36 heavy (non-hydrogen) atoms. The van der Waals surface area contributed by atoms with E-state index in [1.54, 1.807) is 0 Å². The number of hydrogen-bond donors (Lipinski definition) is 0. The topological polar surface area (TPSA) is 9.23 Å². The minimum absolute atomic E-state index is 0.267. The van der Waals surface area contributed by atoms with Crippen LogP contribution in [0.5, 0.6) is 11.5 Å². The predicted octanol–water partition coefficient (Wildman–Crippen LogP) is 8.89. The van der Waals surface area contributed by atoms with Gasteiger partial charge >= 0.3 is 0 Å². The second-order valence-corrected chi connectivity index (χ2v) is 10.5. The minimum atomic E-state index is -0.477. The van der Waals surface area contributed by atoms with Crippen LogP contribution in [0.25, 0.3) is 11.1 Å². The van der Waals surface area contributed by atoms with E-state index in [9.17, 15) is 0 Å². The molecule has 5 aromatic rings. The Bertz CT molecular complexity index is 1650. The van der Waals surface area contributed by atoms with Crippen LogP contribution in [0.2, 0.25) is 5.02 Å². The van der Waals surface area contributed by atoms with Gasteiger partial charge in [0, 0.05) is 27.6 Å². The molecule has 1 aliphatic heterocycles. The Morgan fingerprint density at radius 3 is 2.06 bits per heavy atom. The molecular weight excluding hydrogens is 460 g/mol. The fraction of sp³-hybridized carbons (Fsp3) is 0.118. The smallest absolute Gasteiger partial charge is 0.136 e. The fourth-order valence-corrected chi connectivity index (χ4v) is 7.31. The number of rotatable bonds is 1. The molecule has 0 saturated carbocycles. The highest BCUT2D eigenvalue weighted by molar-refractivity contribution is 6.30. The van der Waals surface area contributed by atoms with E-state index in [0.717, 1.165) is 34.9 Å². The Morgan fingerprint density at radius 2 is 1.28 bits per heavy atom. The van der Waals surface area contributed by atoms with Crippen molar-refractivity contribution in [1.29, 1.82) is 0 Å². The van der Waals surface area contributed by atoms with E-state index in [1.165, 1.54) is 44.5 Å². The predicted molar refractivity (Wildman–Crippen MR) is 145 cm³/mol. The molecule has 3 aliphatic rings. The van der Waals surface area contributed by atoms with Crippen LogP contribution in [-0.4, -0.2) is 0 Å². The van der Waals surface area contributed by atoms with Gasteiger partial charge in [-0.3, -0.25) is 0 Å². The summed E-state index contributed by atoms with van der Waals surface area (Å²) in [7, 11) is 0. The van der Waals surface area contributed by atoms with Crippen LogP contribution >= 0.6 is 11.6 Å². The molecule has 0 N–H and O–H groups in total. The molecule has 172 valence electrons. The van der Waals surface area contributed by atoms with Gasteiger partial charge in [0.2, 0.25) is 0 Å². The van der Waals surface area contributed by atoms with Crippen molar-refractivity contribution in [2.45, 2.75) is 24.2 Å². The quantitative estimate of drug-likeness (QED) is 0.227. The van der Waals surface area contributed by atoms with Crippen molar-refractivity contribution in [1.82, 2.24) is 0 Å². The molecule has 8 rings (SSSR count). The zero-order valence-corrected chi connectivity index (χ0v) is 20.4. The highest BCUT2D eigenvalue weighted by Gasteiger charge is 2.51. The second-order valence-electron chi connectivity index (χ2n) is 10.1. The van der Waals surface area contributed by atoms with Crippen molar-refractivity contribution in [3.63, 3.8) is 0 Å². The van der Waals surface area contributed by atoms with E-state index in [-0.39, 0.29) is 5.92 Å². The first-order valence-electron chi connectivity index (χ1n) is 12.7. The van der Waals surface area contributed by atoms with E-state index < -0.39 is 5.41 Å². The lowest BCUT2D eigenvalue weighted by Gasteiger charge is -2.40. The van der Waals surface area contributed by atoms with Crippen LogP contribution in [0.15, 0.2) is 109 Å². The van der Waals surface area contributed by atoms with E-state index in [0.29, 0.717) is 0 Å². The minimum Gasteiger partial charge on any atom is -0.456 e. The third kappa shape index (κ3) is 2.51. The summed E-state index contributed by atoms with van der Waals surface area (Å²) in [6.07, 6.45) is 2.15. The van der Waals surface area contributed by atoms with Gasteiger partial charge in [-0.2, -0.15) is 0 Å². The molecule has 1 nitrogen and oxygen atoms in total. The monoisotopic (exact) mass is 482 g/mol. The van der Waals surface area contributed by atoms with Gasteiger partial charge in [-0.25, -0.2) is 0 Å². The third-order valence-corrected chi connectivity index (χ3v) is 8.67. The molecule has 5 aromatic carbocycles. The van der Waals surface area contributed by atoms with Gasteiger partial charge in [0.05, 0.1) is 5.41 Å². The van der Waals surface area contributed by atoms with Gasteiger partial charge in [-0.15, -0.1) is 0 Å². The first-order valence-corrected chi connectivity index (χ1v) is 13.0. The number of aryl methyl sites for hydroxylation is 1. The largest absolute Gasteiger partial charge is 0.456 e. The molecular formula is C34H23ClO. The molecule has 0 aromatic heterocycles. The summed E-state index contributed by atoms with van der Waals surface area (Å²) >= 11 is 6.97. The SMILES string of the molecule is Clc1cc(C2CCc3ccccc32)c2c(c1)C1(c3ccccc3O2)c2ccccc2-c2ccccc21.